The maximum absolute atomic E-state index is 6.01. The second-order valence-corrected chi connectivity index (χ2v) is 8.16. The van der Waals surface area contributed by atoms with Crippen molar-refractivity contribution < 1.29 is 9.15 Å². The topological polar surface area (TPSA) is 50.5 Å². The van der Waals surface area contributed by atoms with Gasteiger partial charge in [-0.25, -0.2) is 0 Å². The summed E-state index contributed by atoms with van der Waals surface area (Å²) in [6.07, 6.45) is 1.82. The number of aromatic nitrogens is 1. The normalized spacial score (nSPS) is 11.1. The van der Waals surface area contributed by atoms with Gasteiger partial charge in [-0.1, -0.05) is 24.3 Å². The van der Waals surface area contributed by atoms with Crippen molar-refractivity contribution in [3.63, 3.8) is 0 Å². The van der Waals surface area contributed by atoms with Crippen LogP contribution in [0.25, 0.3) is 22.2 Å². The van der Waals surface area contributed by atoms with Crippen LogP contribution in [0.2, 0.25) is 0 Å². The summed E-state index contributed by atoms with van der Waals surface area (Å²) in [5.41, 5.74) is 3.90. The monoisotopic (exact) mass is 435 g/mol. The van der Waals surface area contributed by atoms with Crippen molar-refractivity contribution >= 4 is 22.3 Å². The smallest absolute Gasteiger partial charge is 0.134 e. The number of pyridine rings is 1. The molecule has 33 heavy (non-hydrogen) atoms. The van der Waals surface area contributed by atoms with Crippen LogP contribution in [0.4, 0.5) is 11.4 Å². The fourth-order valence-electron chi connectivity index (χ4n) is 3.73. The van der Waals surface area contributed by atoms with Crippen molar-refractivity contribution in [1.29, 1.82) is 0 Å². The highest BCUT2D eigenvalue weighted by Crippen LogP contribution is 2.31. The lowest BCUT2D eigenvalue weighted by molar-refractivity contribution is 0.353. The number of fused-ring (bicyclic) bond motifs is 1. The molecule has 0 spiro atoms. The summed E-state index contributed by atoms with van der Waals surface area (Å²) in [7, 11) is 4.06. The van der Waals surface area contributed by atoms with Crippen molar-refractivity contribution in [2.45, 2.75) is 6.54 Å². The fraction of sp³-hybridized carbons (Fsp3) is 0.107. The zero-order valence-electron chi connectivity index (χ0n) is 18.7. The Bertz CT molecular complexity index is 1360. The van der Waals surface area contributed by atoms with Gasteiger partial charge >= 0.3 is 0 Å². The van der Waals surface area contributed by atoms with Crippen molar-refractivity contribution in [2.75, 3.05) is 19.4 Å². The number of hydrogen-bond acceptors (Lipinski definition) is 5. The van der Waals surface area contributed by atoms with Crippen LogP contribution in [0.5, 0.6) is 11.5 Å². The largest absolute Gasteiger partial charge is 0.460 e. The standard InChI is InChI=1S/C28H25N3O2/c1-31(2)19-24-13-15-28(33-24)20-8-14-25-26(16-17-29-27(25)18-20)30-21-9-11-23(12-10-21)32-22-6-4-3-5-7-22/h3-18H,19H2,1-2H3,(H,29,30). The van der Waals surface area contributed by atoms with Crippen LogP contribution >= 0.6 is 0 Å². The molecular weight excluding hydrogens is 410 g/mol. The molecule has 164 valence electrons. The summed E-state index contributed by atoms with van der Waals surface area (Å²) >= 11 is 0. The van der Waals surface area contributed by atoms with E-state index in [-0.39, 0.29) is 0 Å². The number of rotatable bonds is 7. The van der Waals surface area contributed by atoms with E-state index in [2.05, 4.69) is 33.4 Å². The number of ether oxygens (including phenoxy) is 1. The van der Waals surface area contributed by atoms with Crippen molar-refractivity contribution in [1.82, 2.24) is 9.88 Å². The Labute approximate surface area is 193 Å². The van der Waals surface area contributed by atoms with Gasteiger partial charge in [0.25, 0.3) is 0 Å². The van der Waals surface area contributed by atoms with Gasteiger partial charge in [-0.05, 0) is 80.8 Å². The lowest BCUT2D eigenvalue weighted by Gasteiger charge is -2.11. The van der Waals surface area contributed by atoms with E-state index in [1.165, 1.54) is 0 Å². The van der Waals surface area contributed by atoms with Gasteiger partial charge < -0.3 is 19.4 Å². The number of nitrogens with zero attached hydrogens (tertiary/aromatic N) is 2. The van der Waals surface area contributed by atoms with Gasteiger partial charge in [0.1, 0.15) is 23.0 Å². The fourth-order valence-corrected chi connectivity index (χ4v) is 3.73. The molecule has 0 fully saturated rings. The Hall–Kier alpha value is -4.09. The SMILES string of the molecule is CN(C)Cc1ccc(-c2ccc3c(Nc4ccc(Oc5ccccc5)cc4)ccnc3c2)o1. The number of anilines is 2. The van der Waals surface area contributed by atoms with Gasteiger partial charge in [0.15, 0.2) is 0 Å². The van der Waals surface area contributed by atoms with Gasteiger partial charge in [-0.15, -0.1) is 0 Å². The molecule has 0 aliphatic rings. The summed E-state index contributed by atoms with van der Waals surface area (Å²) < 4.78 is 11.9. The van der Waals surface area contributed by atoms with Crippen molar-refractivity contribution in [2.24, 2.45) is 0 Å². The third-order valence-corrected chi connectivity index (χ3v) is 5.27. The van der Waals surface area contributed by atoms with Crippen LogP contribution in [-0.2, 0) is 6.54 Å². The lowest BCUT2D eigenvalue weighted by atomic mass is 10.1. The van der Waals surface area contributed by atoms with E-state index in [1.807, 2.05) is 93.1 Å². The molecule has 3 aromatic carbocycles. The van der Waals surface area contributed by atoms with Gasteiger partial charge in [-0.3, -0.25) is 4.98 Å². The molecule has 0 aliphatic heterocycles. The number of nitrogens with one attached hydrogen (secondary N) is 1. The first-order valence-corrected chi connectivity index (χ1v) is 10.9. The molecule has 0 aliphatic carbocycles. The minimum Gasteiger partial charge on any atom is -0.460 e. The molecule has 1 N–H and O–H groups in total. The van der Waals surface area contributed by atoms with Crippen LogP contribution in [0.15, 0.2) is 102 Å². The Kier molecular flexibility index (Phi) is 5.79. The second-order valence-electron chi connectivity index (χ2n) is 8.16. The predicted molar refractivity (Wildman–Crippen MR) is 133 cm³/mol. The van der Waals surface area contributed by atoms with E-state index >= 15 is 0 Å². The number of para-hydroxylation sites is 1. The van der Waals surface area contributed by atoms with Crippen LogP contribution in [0.1, 0.15) is 5.76 Å². The third-order valence-electron chi connectivity index (χ3n) is 5.27. The lowest BCUT2D eigenvalue weighted by Crippen LogP contribution is -2.09. The van der Waals surface area contributed by atoms with Gasteiger partial charge in [0.05, 0.1) is 12.1 Å². The molecule has 2 aromatic heterocycles. The first kappa shape index (κ1) is 20.8. The third kappa shape index (κ3) is 4.89. The Morgan fingerprint density at radius 1 is 0.848 bits per heavy atom. The summed E-state index contributed by atoms with van der Waals surface area (Å²) in [4.78, 5) is 6.66. The number of benzene rings is 3. The summed E-state index contributed by atoms with van der Waals surface area (Å²) in [5, 5.41) is 4.55. The minimum atomic E-state index is 0.773. The molecule has 5 aromatic rings. The second kappa shape index (κ2) is 9.18. The van der Waals surface area contributed by atoms with Crippen LogP contribution in [-0.4, -0.2) is 24.0 Å². The van der Waals surface area contributed by atoms with E-state index in [0.29, 0.717) is 0 Å². The molecular formula is C28H25N3O2. The molecule has 5 rings (SSSR count). The van der Waals surface area contributed by atoms with Crippen LogP contribution in [0, 0.1) is 0 Å². The highest BCUT2D eigenvalue weighted by atomic mass is 16.5. The van der Waals surface area contributed by atoms with Gasteiger partial charge in [-0.2, -0.15) is 0 Å². The molecule has 0 radical (unpaired) electrons. The van der Waals surface area contributed by atoms with E-state index in [9.17, 15) is 0 Å². The molecule has 5 nitrogen and oxygen atoms in total. The average molecular weight is 436 g/mol. The predicted octanol–water partition coefficient (Wildman–Crippen LogP) is 7.09. The maximum Gasteiger partial charge on any atom is 0.134 e. The molecule has 0 amide bonds. The summed E-state index contributed by atoms with van der Waals surface area (Å²) in [5.74, 6) is 3.41. The molecule has 2 heterocycles. The minimum absolute atomic E-state index is 0.773. The Balaban J connectivity index is 1.35. The van der Waals surface area contributed by atoms with E-state index in [0.717, 1.165) is 57.4 Å². The summed E-state index contributed by atoms with van der Waals surface area (Å²) in [6.45, 7) is 0.773. The van der Waals surface area contributed by atoms with E-state index in [4.69, 9.17) is 9.15 Å². The van der Waals surface area contributed by atoms with Crippen LogP contribution in [0.3, 0.4) is 0 Å². The Morgan fingerprint density at radius 2 is 1.64 bits per heavy atom. The van der Waals surface area contributed by atoms with Crippen molar-refractivity contribution in [3.05, 3.63) is 103 Å². The zero-order valence-corrected chi connectivity index (χ0v) is 18.7. The molecule has 5 heteroatoms. The van der Waals surface area contributed by atoms with Gasteiger partial charge in [0, 0.05) is 28.5 Å². The molecule has 0 bridgehead atoms. The maximum atomic E-state index is 6.01. The molecule has 0 unspecified atom stereocenters. The molecule has 0 saturated heterocycles. The number of hydrogen-bond donors (Lipinski definition) is 1. The van der Waals surface area contributed by atoms with Crippen molar-refractivity contribution in [3.8, 4) is 22.8 Å². The first-order valence-electron chi connectivity index (χ1n) is 10.9. The molecule has 0 atom stereocenters. The average Bonchev–Trinajstić information content (AvgIpc) is 3.29. The quantitative estimate of drug-likeness (QED) is 0.296. The van der Waals surface area contributed by atoms with E-state index in [1.54, 1.807) is 0 Å². The highest BCUT2D eigenvalue weighted by molar-refractivity contribution is 5.94. The first-order chi connectivity index (χ1) is 16.1. The van der Waals surface area contributed by atoms with Gasteiger partial charge in [0.2, 0.25) is 0 Å². The van der Waals surface area contributed by atoms with E-state index < -0.39 is 0 Å². The molecule has 0 saturated carbocycles. The van der Waals surface area contributed by atoms with Crippen LogP contribution < -0.4 is 10.1 Å². The Morgan fingerprint density at radius 3 is 2.42 bits per heavy atom. The zero-order chi connectivity index (χ0) is 22.6. The summed E-state index contributed by atoms with van der Waals surface area (Å²) in [6, 6.07) is 29.9. The highest BCUT2D eigenvalue weighted by Gasteiger charge is 2.09. The number of furan rings is 1.